The van der Waals surface area contributed by atoms with Crippen molar-refractivity contribution >= 4 is 92.7 Å². The van der Waals surface area contributed by atoms with E-state index in [0.717, 1.165) is 55.6 Å². The summed E-state index contributed by atoms with van der Waals surface area (Å²) in [7, 11) is 9.93. The number of methoxy groups -OCH3 is 3. The van der Waals surface area contributed by atoms with Gasteiger partial charge in [0.2, 0.25) is 0 Å². The molecule has 3 aliphatic rings. The van der Waals surface area contributed by atoms with E-state index in [-0.39, 0.29) is 99.4 Å². The average Bonchev–Trinajstić information content (AvgIpc) is 1.57. The third-order valence-electron chi connectivity index (χ3n) is 19.3. The van der Waals surface area contributed by atoms with Crippen LogP contribution in [0.1, 0.15) is 107 Å². The number of aromatic nitrogens is 15. The highest BCUT2D eigenvalue weighted by Gasteiger charge is 2.36. The van der Waals surface area contributed by atoms with E-state index in [1.165, 1.54) is 48.8 Å². The van der Waals surface area contributed by atoms with Crippen molar-refractivity contribution in [1.82, 2.24) is 88.4 Å². The van der Waals surface area contributed by atoms with Crippen LogP contribution in [-0.2, 0) is 18.9 Å². The number of hydrogen-bond acceptors (Lipinski definition) is 25. The molecule has 0 radical (unpaired) electrons. The molecule has 35 heteroatoms. The number of nitrogens with one attached hydrogen (secondary N) is 8. The summed E-state index contributed by atoms with van der Waals surface area (Å²) in [6, 6.07) is 26.0. The first-order valence-corrected chi connectivity index (χ1v) is 36.2. The largest absolute Gasteiger partial charge is 0.443 e. The number of nitrogens with zero attached hydrogens (tertiary/aromatic N) is 16. The number of carbonyl (C=O) groups excluding carboxylic acids is 4. The second kappa shape index (κ2) is 32.9. The molecule has 112 heavy (non-hydrogen) atoms. The van der Waals surface area contributed by atoms with Gasteiger partial charge in [-0.1, -0.05) is 0 Å². The third-order valence-corrected chi connectivity index (χ3v) is 19.3. The van der Waals surface area contributed by atoms with Crippen LogP contribution >= 0.6 is 0 Å². The number of fused-ring (bicyclic) bond motifs is 3. The lowest BCUT2D eigenvalue weighted by Gasteiger charge is -2.35. The first-order valence-electron chi connectivity index (χ1n) is 36.2. The maximum absolute atomic E-state index is 13.4. The lowest BCUT2D eigenvalue weighted by Crippen LogP contribution is -2.51. The summed E-state index contributed by atoms with van der Waals surface area (Å²) in [6.07, 6.45) is 18.9. The second-order valence-corrected chi connectivity index (χ2v) is 27.9. The Morgan fingerprint density at radius 3 is 1.08 bits per heavy atom. The normalized spacial score (nSPS) is 16.9. The molecule has 12 aromatic heterocycles. The van der Waals surface area contributed by atoms with Crippen LogP contribution in [-0.4, -0.2) is 181 Å². The fourth-order valence-electron chi connectivity index (χ4n) is 12.7. The monoisotopic (exact) mass is 1520 g/mol. The van der Waals surface area contributed by atoms with E-state index >= 15 is 0 Å². The van der Waals surface area contributed by atoms with Crippen molar-refractivity contribution in [3.05, 3.63) is 212 Å². The van der Waals surface area contributed by atoms with Crippen molar-refractivity contribution in [2.24, 2.45) is 0 Å². The molecule has 0 spiro atoms. The molecule has 35 nitrogen and oxygen atoms in total. The SMILES string of the molecule is CNc1cc(Nc2cccn(-c3ccc(C)nc3)c2=O)nc2c(C(=O)N[C@@H]3CC[C@H]3OC)cnn12.CNc1cc(Nc2cccn(-c3ccc(C)nc3)c2=O)nc2c(C(=O)N[C@H]3CC[C@@H]3OC)cnn12.CO[C@@H]1CC[C@H]1NC(=O)c1cnn2c(N(C)C(=O)OC(C)(C)C)cc(Nc3cccn(-c4ccc(C)nc4)c3=O)nc12. The van der Waals surface area contributed by atoms with Gasteiger partial charge >= 0.3 is 6.09 Å². The maximum atomic E-state index is 13.4. The standard InChI is InChI=1S/C29H34N8O5.2C24H26N8O3/c1-17-9-10-18(15-30-17)36-13-7-8-21(27(36)39)32-23-14-24(35(5)28(40)42-29(2,3)4)37-25(34-23)19(16-31-37)26(38)33-20-11-12-22(20)41-6;2*1-14-6-7-15(12-26-14)31-10-4-5-18(24(31)34)28-20-11-21(25-2)32-22(30-20)16(13-27-32)23(33)29-17-8-9-19(17)35-3/h7-10,13-16,20,22H,11-12H2,1-6H3,(H,32,34)(H,33,38);2*4-7,10-13,17,19,25H,8-9H2,1-3H3,(H,28,30)(H,29,33)/t20-,22-;2*17-,19-/m110/s1. The number of amides is 4. The van der Waals surface area contributed by atoms with Gasteiger partial charge in [-0.25, -0.2) is 19.7 Å². The second-order valence-electron chi connectivity index (χ2n) is 27.9. The van der Waals surface area contributed by atoms with Crippen LogP contribution < -0.4 is 64.1 Å². The zero-order valence-corrected chi connectivity index (χ0v) is 63.7. The molecule has 0 aliphatic heterocycles. The molecule has 0 aromatic carbocycles. The molecule has 3 fully saturated rings. The van der Waals surface area contributed by atoms with Crippen molar-refractivity contribution in [1.29, 1.82) is 0 Å². The van der Waals surface area contributed by atoms with Gasteiger partial charge in [-0.05, 0) is 153 Å². The first-order chi connectivity index (χ1) is 53.9. The summed E-state index contributed by atoms with van der Waals surface area (Å²) < 4.78 is 30.7. The highest BCUT2D eigenvalue weighted by molar-refractivity contribution is 6.02. The number of hydrogen-bond donors (Lipinski definition) is 8. The molecule has 12 aromatic rings. The summed E-state index contributed by atoms with van der Waals surface area (Å²) in [5.74, 6) is 1.58. The fraction of sp³-hybridized carbons (Fsp3) is 0.325. The number of anilines is 9. The summed E-state index contributed by atoms with van der Waals surface area (Å²) in [5, 5.41) is 37.4. The Labute approximate surface area is 641 Å². The van der Waals surface area contributed by atoms with E-state index in [2.05, 4.69) is 87.7 Å². The molecule has 6 atom stereocenters. The van der Waals surface area contributed by atoms with E-state index in [1.807, 2.05) is 51.1 Å². The fourth-order valence-corrected chi connectivity index (χ4v) is 12.7. The van der Waals surface area contributed by atoms with Crippen molar-refractivity contribution < 1.29 is 38.1 Å². The van der Waals surface area contributed by atoms with Gasteiger partial charge in [-0.3, -0.25) is 62.3 Å². The molecule has 15 rings (SSSR count). The minimum absolute atomic E-state index is 0.0165. The van der Waals surface area contributed by atoms with E-state index in [1.54, 1.807) is 163 Å². The predicted molar refractivity (Wildman–Crippen MR) is 420 cm³/mol. The highest BCUT2D eigenvalue weighted by atomic mass is 16.6. The topological polar surface area (TPSA) is 400 Å². The predicted octanol–water partition coefficient (Wildman–Crippen LogP) is 8.16. The Kier molecular flexibility index (Phi) is 22.6. The number of carbonyl (C=O) groups is 4. The Hall–Kier alpha value is -13.3. The Balaban J connectivity index is 0.000000148. The average molecular weight is 1520 g/mol. The summed E-state index contributed by atoms with van der Waals surface area (Å²) in [4.78, 5) is 120. The maximum Gasteiger partial charge on any atom is 0.415 e. The number of rotatable bonds is 21. The van der Waals surface area contributed by atoms with Gasteiger partial charge in [0.15, 0.2) is 16.9 Å². The molecular formula is C77H86N24O11. The number of ether oxygens (including phenoxy) is 4. The molecule has 3 aliphatic carbocycles. The van der Waals surface area contributed by atoms with Gasteiger partial charge < -0.3 is 61.5 Å². The van der Waals surface area contributed by atoms with Crippen molar-refractivity contribution in [2.75, 3.05) is 74.0 Å². The lowest BCUT2D eigenvalue weighted by molar-refractivity contribution is 0.00731. The molecule has 0 saturated heterocycles. The quantitative estimate of drug-likeness (QED) is 0.0336. The Morgan fingerprint density at radius 2 is 0.786 bits per heavy atom. The van der Waals surface area contributed by atoms with Crippen LogP contribution in [0.25, 0.3) is 34.0 Å². The molecule has 4 amide bonds. The van der Waals surface area contributed by atoms with Crippen molar-refractivity contribution in [3.8, 4) is 17.1 Å². The van der Waals surface area contributed by atoms with Gasteiger partial charge in [0.25, 0.3) is 34.4 Å². The summed E-state index contributed by atoms with van der Waals surface area (Å²) in [5.41, 5.74) is 5.56. The minimum atomic E-state index is -0.742. The van der Waals surface area contributed by atoms with Gasteiger partial charge in [0.1, 0.15) is 74.3 Å². The zero-order valence-electron chi connectivity index (χ0n) is 63.7. The van der Waals surface area contributed by atoms with E-state index in [4.69, 9.17) is 18.9 Å². The Morgan fingerprint density at radius 1 is 0.455 bits per heavy atom. The molecule has 3 saturated carbocycles. The van der Waals surface area contributed by atoms with Crippen molar-refractivity contribution in [2.45, 2.75) is 122 Å². The molecule has 0 unspecified atom stereocenters. The lowest BCUT2D eigenvalue weighted by atomic mass is 9.89. The van der Waals surface area contributed by atoms with Crippen LogP contribution in [0, 0.1) is 20.8 Å². The summed E-state index contributed by atoms with van der Waals surface area (Å²) in [6.45, 7) is 10.9. The minimum Gasteiger partial charge on any atom is -0.443 e. The highest BCUT2D eigenvalue weighted by Crippen LogP contribution is 2.31. The van der Waals surface area contributed by atoms with Gasteiger partial charge in [0, 0.05) is 96.3 Å². The summed E-state index contributed by atoms with van der Waals surface area (Å²) >= 11 is 0. The van der Waals surface area contributed by atoms with Crippen LogP contribution in [0.4, 0.5) is 56.8 Å². The van der Waals surface area contributed by atoms with Gasteiger partial charge in [0.05, 0.1) is 90.7 Å². The van der Waals surface area contributed by atoms with Crippen LogP contribution in [0.3, 0.4) is 0 Å². The molecule has 12 heterocycles. The van der Waals surface area contributed by atoms with Crippen LogP contribution in [0.15, 0.2) is 161 Å². The third kappa shape index (κ3) is 16.5. The first kappa shape index (κ1) is 76.9. The van der Waals surface area contributed by atoms with Crippen LogP contribution in [0.2, 0.25) is 0 Å². The molecule has 0 bridgehead atoms. The molecule has 8 N–H and O–H groups in total. The van der Waals surface area contributed by atoms with E-state index in [0.29, 0.717) is 74.1 Å². The van der Waals surface area contributed by atoms with Gasteiger partial charge in [-0.15, -0.1) is 0 Å². The van der Waals surface area contributed by atoms with Crippen LogP contribution in [0.5, 0.6) is 0 Å². The smallest absolute Gasteiger partial charge is 0.415 e. The van der Waals surface area contributed by atoms with E-state index in [9.17, 15) is 33.6 Å². The number of aryl methyl sites for hydroxylation is 3. The van der Waals surface area contributed by atoms with Crippen molar-refractivity contribution in [3.63, 3.8) is 0 Å². The van der Waals surface area contributed by atoms with Gasteiger partial charge in [-0.2, -0.15) is 28.8 Å². The zero-order chi connectivity index (χ0) is 79.2. The van der Waals surface area contributed by atoms with E-state index < -0.39 is 11.7 Å². The molecule has 580 valence electrons. The molecular weight excluding hydrogens is 1440 g/mol. The number of pyridine rings is 6. The Bertz CT molecular complexity index is 5450.